The van der Waals surface area contributed by atoms with Gasteiger partial charge in [-0.1, -0.05) is 0 Å². The Kier molecular flexibility index (Phi) is 11.8. The zero-order valence-corrected chi connectivity index (χ0v) is 21.0. The minimum atomic E-state index is -0.347. The maximum atomic E-state index is 12.1. The summed E-state index contributed by atoms with van der Waals surface area (Å²) in [4.78, 5) is 24.1. The fraction of sp³-hybridized carbons (Fsp3) is 0.333. The molecule has 2 heterocycles. The van der Waals surface area contributed by atoms with E-state index in [9.17, 15) is 9.59 Å². The van der Waals surface area contributed by atoms with Crippen molar-refractivity contribution in [2.45, 2.75) is 23.5 Å². The van der Waals surface area contributed by atoms with Crippen LogP contribution in [0.1, 0.15) is 11.1 Å². The van der Waals surface area contributed by atoms with Gasteiger partial charge in [-0.2, -0.15) is 0 Å². The second-order valence-electron chi connectivity index (χ2n) is 5.87. The summed E-state index contributed by atoms with van der Waals surface area (Å²) in [6.07, 6.45) is 0.623. The molecule has 2 amide bonds. The van der Waals surface area contributed by atoms with E-state index in [1.807, 2.05) is 33.7 Å². The summed E-state index contributed by atoms with van der Waals surface area (Å²) in [6, 6.07) is 3.79. The zero-order valence-electron chi connectivity index (χ0n) is 15.9. The molecule has 2 aromatic rings. The van der Waals surface area contributed by atoms with Crippen molar-refractivity contribution in [3.63, 3.8) is 0 Å². The molecule has 12 heteroatoms. The van der Waals surface area contributed by atoms with Gasteiger partial charge in [-0.25, -0.2) is 0 Å². The van der Waals surface area contributed by atoms with Crippen LogP contribution in [-0.4, -0.2) is 73.0 Å². The van der Waals surface area contributed by atoms with E-state index in [4.69, 9.17) is 10.4 Å². The van der Waals surface area contributed by atoms with Crippen molar-refractivity contribution in [2.24, 2.45) is 10.3 Å². The number of amides is 2. The molecular formula is C18H22N4O4S2Se2. The summed E-state index contributed by atoms with van der Waals surface area (Å²) in [5, 5.41) is 39.3. The van der Waals surface area contributed by atoms with E-state index in [1.54, 1.807) is 0 Å². The minimum absolute atomic E-state index is 0.109. The molecule has 4 N–H and O–H groups in total. The van der Waals surface area contributed by atoms with Crippen LogP contribution in [0.2, 0.25) is 10.6 Å². The molecule has 0 fully saturated rings. The molecular weight excluding hydrogens is 558 g/mol. The van der Waals surface area contributed by atoms with Gasteiger partial charge in [0.1, 0.15) is 0 Å². The molecule has 0 bridgehead atoms. The summed E-state index contributed by atoms with van der Waals surface area (Å²) in [5.41, 5.74) is 2.11. The van der Waals surface area contributed by atoms with Crippen LogP contribution in [0.5, 0.6) is 0 Å². The Balaban J connectivity index is 1.53. The molecule has 0 saturated heterocycles. The first kappa shape index (κ1) is 24.6. The van der Waals surface area contributed by atoms with Crippen LogP contribution < -0.4 is 10.6 Å². The first-order valence-electron chi connectivity index (χ1n) is 8.88. The van der Waals surface area contributed by atoms with Gasteiger partial charge < -0.3 is 0 Å². The molecule has 0 aliphatic rings. The Morgan fingerprint density at radius 2 is 1.27 bits per heavy atom. The molecule has 2 rings (SSSR count). The SMILES string of the molecule is O=C(NCC[Se][Se]CCNC(=O)/C(Cc1ccsc1)=N/O)/C(Cc1ccsc1)=N/O. The summed E-state index contributed by atoms with van der Waals surface area (Å²) < 4.78 is 0. The molecule has 0 saturated carbocycles. The van der Waals surface area contributed by atoms with E-state index in [0.29, 0.717) is 52.2 Å². The molecule has 2 aromatic heterocycles. The van der Waals surface area contributed by atoms with Crippen LogP contribution in [0.4, 0.5) is 0 Å². The summed E-state index contributed by atoms with van der Waals surface area (Å²) in [5.74, 6) is -0.693. The summed E-state index contributed by atoms with van der Waals surface area (Å²) >= 11 is 3.84. The van der Waals surface area contributed by atoms with E-state index in [-0.39, 0.29) is 23.2 Å². The second-order valence-corrected chi connectivity index (χ2v) is 15.3. The van der Waals surface area contributed by atoms with E-state index < -0.39 is 0 Å². The van der Waals surface area contributed by atoms with Crippen molar-refractivity contribution < 1.29 is 20.0 Å². The van der Waals surface area contributed by atoms with Gasteiger partial charge in [-0.05, 0) is 0 Å². The zero-order chi connectivity index (χ0) is 21.6. The third-order valence-electron chi connectivity index (χ3n) is 3.69. The Morgan fingerprint density at radius 3 is 1.60 bits per heavy atom. The molecule has 0 aliphatic carbocycles. The summed E-state index contributed by atoms with van der Waals surface area (Å²) in [6.45, 7) is 1.08. The van der Waals surface area contributed by atoms with Gasteiger partial charge in [0.2, 0.25) is 0 Å². The third kappa shape index (κ3) is 8.99. The molecule has 162 valence electrons. The van der Waals surface area contributed by atoms with Crippen LogP contribution in [0.15, 0.2) is 44.0 Å². The van der Waals surface area contributed by atoms with Crippen LogP contribution >= 0.6 is 22.7 Å². The van der Waals surface area contributed by atoms with E-state index >= 15 is 0 Å². The number of nitrogens with one attached hydrogen (secondary N) is 2. The average Bonchev–Trinajstić information content (AvgIpc) is 3.45. The molecule has 30 heavy (non-hydrogen) atoms. The maximum absolute atomic E-state index is 12.1. The van der Waals surface area contributed by atoms with Crippen molar-refractivity contribution in [3.05, 3.63) is 44.8 Å². The van der Waals surface area contributed by atoms with Gasteiger partial charge in [0, 0.05) is 0 Å². The number of thiophene rings is 2. The molecule has 0 radical (unpaired) electrons. The van der Waals surface area contributed by atoms with Crippen LogP contribution in [0, 0.1) is 0 Å². The van der Waals surface area contributed by atoms with Crippen molar-refractivity contribution >= 4 is 72.2 Å². The number of rotatable bonds is 13. The van der Waals surface area contributed by atoms with Gasteiger partial charge in [0.25, 0.3) is 0 Å². The average molecular weight is 580 g/mol. The Morgan fingerprint density at radius 1 is 0.833 bits per heavy atom. The van der Waals surface area contributed by atoms with Crippen molar-refractivity contribution in [1.82, 2.24) is 10.6 Å². The van der Waals surface area contributed by atoms with Gasteiger partial charge in [0.05, 0.1) is 0 Å². The van der Waals surface area contributed by atoms with Crippen LogP contribution in [0.3, 0.4) is 0 Å². The number of hydrogen-bond donors (Lipinski definition) is 4. The number of oxime groups is 2. The fourth-order valence-corrected chi connectivity index (χ4v) is 9.23. The molecule has 0 aromatic carbocycles. The monoisotopic (exact) mass is 582 g/mol. The van der Waals surface area contributed by atoms with E-state index in [2.05, 4.69) is 20.9 Å². The molecule has 0 unspecified atom stereocenters. The predicted molar refractivity (Wildman–Crippen MR) is 122 cm³/mol. The fourth-order valence-electron chi connectivity index (χ4n) is 2.23. The Hall–Kier alpha value is -1.68. The van der Waals surface area contributed by atoms with Crippen molar-refractivity contribution in [2.75, 3.05) is 13.1 Å². The van der Waals surface area contributed by atoms with Gasteiger partial charge in [-0.3, -0.25) is 0 Å². The summed E-state index contributed by atoms with van der Waals surface area (Å²) in [7, 11) is 0. The molecule has 8 nitrogen and oxygen atoms in total. The van der Waals surface area contributed by atoms with E-state index in [0.717, 1.165) is 21.8 Å². The molecule has 0 aliphatic heterocycles. The van der Waals surface area contributed by atoms with Crippen molar-refractivity contribution in [3.8, 4) is 0 Å². The van der Waals surface area contributed by atoms with Crippen LogP contribution in [0.25, 0.3) is 0 Å². The quantitative estimate of drug-likeness (QED) is 0.0947. The standard InChI is InChI=1S/C18H22N4O4S2Se2/c23-17(15(21-25)9-13-1-5-27-11-13)19-3-7-29-30-8-4-20-18(24)16(22-26)10-14-2-6-28-12-14/h1-2,5-6,11-12,25-26H,3-4,7-10H2,(H,19,23)(H,20,24)/b21-15+,22-16+. The van der Waals surface area contributed by atoms with Gasteiger partial charge >= 0.3 is 194 Å². The molecule has 0 spiro atoms. The number of carbonyl (C=O) groups excluding carboxylic acids is 2. The molecule has 0 atom stereocenters. The number of hydrogen-bond acceptors (Lipinski definition) is 8. The first-order valence-corrected chi connectivity index (χ1v) is 17.5. The topological polar surface area (TPSA) is 123 Å². The normalized spacial score (nSPS) is 12.0. The van der Waals surface area contributed by atoms with Gasteiger partial charge in [0.15, 0.2) is 0 Å². The van der Waals surface area contributed by atoms with Crippen molar-refractivity contribution in [1.29, 1.82) is 0 Å². The van der Waals surface area contributed by atoms with Gasteiger partial charge in [-0.15, -0.1) is 0 Å². The predicted octanol–water partition coefficient (Wildman–Crippen LogP) is 1.65. The van der Waals surface area contributed by atoms with Crippen LogP contribution in [-0.2, 0) is 22.4 Å². The first-order chi connectivity index (χ1) is 14.6. The second kappa shape index (κ2) is 14.3. The van der Waals surface area contributed by atoms with E-state index in [1.165, 1.54) is 22.7 Å². The third-order valence-corrected chi connectivity index (χ3v) is 12.5. The Labute approximate surface area is 193 Å². The Bertz CT molecular complexity index is 772. The number of carbonyl (C=O) groups is 2. The number of nitrogens with zero attached hydrogens (tertiary/aromatic N) is 2.